The third kappa shape index (κ3) is 4.30. The van der Waals surface area contributed by atoms with Crippen LogP contribution in [-0.4, -0.2) is 35.8 Å². The number of hydrogen-bond acceptors (Lipinski definition) is 2. The molecule has 2 atom stereocenters. The highest BCUT2D eigenvalue weighted by atomic mass is 19.1. The van der Waals surface area contributed by atoms with Crippen molar-refractivity contribution >= 4 is 11.8 Å². The molecule has 2 aliphatic rings. The van der Waals surface area contributed by atoms with Crippen LogP contribution in [0.2, 0.25) is 0 Å². The van der Waals surface area contributed by atoms with E-state index in [1.165, 1.54) is 12.1 Å². The van der Waals surface area contributed by atoms with Gasteiger partial charge >= 0.3 is 0 Å². The van der Waals surface area contributed by atoms with E-state index in [4.69, 9.17) is 0 Å². The molecule has 4 nitrogen and oxygen atoms in total. The van der Waals surface area contributed by atoms with Crippen LogP contribution in [0.4, 0.5) is 4.39 Å². The second kappa shape index (κ2) is 7.11. The first-order chi connectivity index (χ1) is 11.1. The maximum Gasteiger partial charge on any atom is 0.239 e. The van der Waals surface area contributed by atoms with Crippen LogP contribution in [0.5, 0.6) is 0 Å². The number of nitrogens with zero attached hydrogens (tertiary/aromatic N) is 1. The SMILES string of the molecule is O=C(CN1CCCCCCC1=O)N[C@@H]1C[C@@H]1c1ccc(F)cc1. The summed E-state index contributed by atoms with van der Waals surface area (Å²) in [6, 6.07) is 6.55. The molecule has 0 spiro atoms. The monoisotopic (exact) mass is 318 g/mol. The molecule has 23 heavy (non-hydrogen) atoms. The lowest BCUT2D eigenvalue weighted by molar-refractivity contribution is -0.136. The minimum atomic E-state index is -0.245. The summed E-state index contributed by atoms with van der Waals surface area (Å²) in [4.78, 5) is 25.9. The fourth-order valence-corrected chi connectivity index (χ4v) is 3.24. The molecule has 1 aromatic carbocycles. The third-order valence-corrected chi connectivity index (χ3v) is 4.69. The standard InChI is InChI=1S/C18H23FN2O2/c19-14-8-6-13(7-9-14)15-11-16(15)20-17(22)12-21-10-4-2-1-3-5-18(21)23/h6-9,15-16H,1-5,10-12H2,(H,20,22)/t15-,16-/m1/s1. The summed E-state index contributed by atoms with van der Waals surface area (Å²) < 4.78 is 12.9. The maximum absolute atomic E-state index is 12.9. The molecule has 3 rings (SSSR count). The van der Waals surface area contributed by atoms with Gasteiger partial charge in [0.05, 0.1) is 6.54 Å². The van der Waals surface area contributed by atoms with Gasteiger partial charge in [-0.25, -0.2) is 4.39 Å². The first-order valence-corrected chi connectivity index (χ1v) is 8.46. The van der Waals surface area contributed by atoms with Crippen molar-refractivity contribution in [2.24, 2.45) is 0 Å². The van der Waals surface area contributed by atoms with E-state index >= 15 is 0 Å². The van der Waals surface area contributed by atoms with E-state index in [9.17, 15) is 14.0 Å². The average Bonchev–Trinajstić information content (AvgIpc) is 3.27. The lowest BCUT2D eigenvalue weighted by Gasteiger charge is -2.24. The van der Waals surface area contributed by atoms with Gasteiger partial charge in [-0.2, -0.15) is 0 Å². The summed E-state index contributed by atoms with van der Waals surface area (Å²) in [6.07, 6.45) is 5.56. The van der Waals surface area contributed by atoms with Crippen LogP contribution in [0.15, 0.2) is 24.3 Å². The zero-order chi connectivity index (χ0) is 16.2. The number of likely N-dealkylation sites (tertiary alicyclic amines) is 1. The quantitative estimate of drug-likeness (QED) is 0.927. The molecule has 5 heteroatoms. The largest absolute Gasteiger partial charge is 0.351 e. The van der Waals surface area contributed by atoms with Crippen LogP contribution in [0, 0.1) is 5.82 Å². The molecule has 0 unspecified atom stereocenters. The number of hydrogen-bond donors (Lipinski definition) is 1. The summed E-state index contributed by atoms with van der Waals surface area (Å²) in [5.41, 5.74) is 1.05. The van der Waals surface area contributed by atoms with E-state index in [0.29, 0.717) is 13.0 Å². The number of amides is 2. The highest BCUT2D eigenvalue weighted by Gasteiger charge is 2.39. The predicted octanol–water partition coefficient (Wildman–Crippen LogP) is 2.59. The Bertz CT molecular complexity index is 573. The maximum atomic E-state index is 12.9. The number of rotatable bonds is 4. The molecule has 2 fully saturated rings. The molecular formula is C18H23FN2O2. The number of nitrogens with one attached hydrogen (secondary N) is 1. The van der Waals surface area contributed by atoms with Gasteiger partial charge in [-0.1, -0.05) is 25.0 Å². The fourth-order valence-electron chi connectivity index (χ4n) is 3.24. The molecule has 0 bridgehead atoms. The fraction of sp³-hybridized carbons (Fsp3) is 0.556. The number of carbonyl (C=O) groups excluding carboxylic acids is 2. The van der Waals surface area contributed by atoms with Crippen molar-refractivity contribution in [3.8, 4) is 0 Å². The van der Waals surface area contributed by atoms with E-state index in [1.807, 2.05) is 0 Å². The van der Waals surface area contributed by atoms with Crippen molar-refractivity contribution in [2.75, 3.05) is 13.1 Å². The zero-order valence-corrected chi connectivity index (χ0v) is 13.3. The van der Waals surface area contributed by atoms with Gasteiger partial charge in [0.2, 0.25) is 11.8 Å². The first-order valence-electron chi connectivity index (χ1n) is 8.46. The summed E-state index contributed by atoms with van der Waals surface area (Å²) in [6.45, 7) is 0.837. The highest BCUT2D eigenvalue weighted by molar-refractivity contribution is 5.85. The number of halogens is 1. The van der Waals surface area contributed by atoms with E-state index in [1.54, 1.807) is 17.0 Å². The van der Waals surface area contributed by atoms with Crippen molar-refractivity contribution < 1.29 is 14.0 Å². The van der Waals surface area contributed by atoms with Gasteiger partial charge in [0.25, 0.3) is 0 Å². The Hall–Kier alpha value is -1.91. The lowest BCUT2D eigenvalue weighted by Crippen LogP contribution is -2.42. The van der Waals surface area contributed by atoms with Gasteiger partial charge in [-0.15, -0.1) is 0 Å². The van der Waals surface area contributed by atoms with Crippen molar-refractivity contribution in [2.45, 2.75) is 50.5 Å². The van der Waals surface area contributed by atoms with E-state index < -0.39 is 0 Å². The molecule has 0 aromatic heterocycles. The lowest BCUT2D eigenvalue weighted by atomic mass is 10.1. The number of carbonyl (C=O) groups is 2. The van der Waals surface area contributed by atoms with E-state index in [0.717, 1.165) is 37.7 Å². The second-order valence-electron chi connectivity index (χ2n) is 6.55. The summed E-state index contributed by atoms with van der Waals surface area (Å²) in [5, 5.41) is 2.99. The van der Waals surface area contributed by atoms with Crippen LogP contribution >= 0.6 is 0 Å². The topological polar surface area (TPSA) is 49.4 Å². The summed E-state index contributed by atoms with van der Waals surface area (Å²) in [5.74, 6) is 0.0208. The van der Waals surface area contributed by atoms with Crippen LogP contribution in [0.1, 0.15) is 50.0 Å². The third-order valence-electron chi connectivity index (χ3n) is 4.69. The van der Waals surface area contributed by atoms with Gasteiger partial charge in [0, 0.05) is 24.9 Å². The van der Waals surface area contributed by atoms with Gasteiger partial charge in [-0.05, 0) is 37.0 Å². The van der Waals surface area contributed by atoms with E-state index in [2.05, 4.69) is 5.32 Å². The molecule has 0 radical (unpaired) electrons. The normalized spacial score (nSPS) is 24.7. The Morgan fingerprint density at radius 3 is 2.70 bits per heavy atom. The molecule has 2 amide bonds. The van der Waals surface area contributed by atoms with Gasteiger partial charge < -0.3 is 10.2 Å². The highest BCUT2D eigenvalue weighted by Crippen LogP contribution is 2.40. The van der Waals surface area contributed by atoms with Crippen LogP contribution in [0.25, 0.3) is 0 Å². The molecular weight excluding hydrogens is 295 g/mol. The van der Waals surface area contributed by atoms with Gasteiger partial charge in [-0.3, -0.25) is 9.59 Å². The van der Waals surface area contributed by atoms with E-state index in [-0.39, 0.29) is 36.1 Å². The summed E-state index contributed by atoms with van der Waals surface area (Å²) in [7, 11) is 0. The van der Waals surface area contributed by atoms with Crippen LogP contribution in [0.3, 0.4) is 0 Å². The number of benzene rings is 1. The Morgan fingerprint density at radius 1 is 1.17 bits per heavy atom. The Labute approximate surface area is 136 Å². The second-order valence-corrected chi connectivity index (χ2v) is 6.55. The molecule has 1 saturated carbocycles. The molecule has 1 N–H and O–H groups in total. The molecule has 1 aliphatic carbocycles. The summed E-state index contributed by atoms with van der Waals surface area (Å²) >= 11 is 0. The molecule has 1 aliphatic heterocycles. The Kier molecular flexibility index (Phi) is 4.94. The Morgan fingerprint density at radius 2 is 1.91 bits per heavy atom. The van der Waals surface area contributed by atoms with Crippen molar-refractivity contribution in [1.29, 1.82) is 0 Å². The Balaban J connectivity index is 1.48. The molecule has 1 heterocycles. The first kappa shape index (κ1) is 16.0. The van der Waals surface area contributed by atoms with Gasteiger partial charge in [0.1, 0.15) is 5.82 Å². The minimum absolute atomic E-state index is 0.0886. The van der Waals surface area contributed by atoms with Crippen molar-refractivity contribution in [3.05, 3.63) is 35.6 Å². The van der Waals surface area contributed by atoms with Crippen molar-refractivity contribution in [1.82, 2.24) is 10.2 Å². The minimum Gasteiger partial charge on any atom is -0.351 e. The zero-order valence-electron chi connectivity index (χ0n) is 13.3. The molecule has 1 aromatic rings. The van der Waals surface area contributed by atoms with Gasteiger partial charge in [0.15, 0.2) is 0 Å². The van der Waals surface area contributed by atoms with Crippen LogP contribution < -0.4 is 5.32 Å². The van der Waals surface area contributed by atoms with Crippen molar-refractivity contribution in [3.63, 3.8) is 0 Å². The molecule has 1 saturated heterocycles. The molecule has 124 valence electrons. The smallest absolute Gasteiger partial charge is 0.239 e. The van der Waals surface area contributed by atoms with Crippen LogP contribution in [-0.2, 0) is 9.59 Å². The average molecular weight is 318 g/mol. The predicted molar refractivity (Wildman–Crippen MR) is 85.4 cm³/mol.